The third kappa shape index (κ3) is 4.27. The molecule has 0 spiro atoms. The van der Waals surface area contributed by atoms with Crippen LogP contribution in [0.3, 0.4) is 0 Å². The van der Waals surface area contributed by atoms with Crippen molar-refractivity contribution in [3.8, 4) is 0 Å². The van der Waals surface area contributed by atoms with E-state index in [-0.39, 0.29) is 16.4 Å². The molecule has 168 valence electrons. The number of hydrogen-bond donors (Lipinski definition) is 0. The number of carbonyl (C=O) groups excluding carboxylic acids is 1. The van der Waals surface area contributed by atoms with Crippen LogP contribution >= 0.6 is 22.9 Å². The van der Waals surface area contributed by atoms with Crippen molar-refractivity contribution in [1.29, 1.82) is 0 Å². The topological polar surface area (TPSA) is 70.6 Å². The highest BCUT2D eigenvalue weighted by molar-refractivity contribution is 7.89. The van der Waals surface area contributed by atoms with Gasteiger partial charge in [0, 0.05) is 23.7 Å². The van der Waals surface area contributed by atoms with Crippen molar-refractivity contribution in [1.82, 2.24) is 9.29 Å². The van der Waals surface area contributed by atoms with Gasteiger partial charge in [-0.2, -0.15) is 4.31 Å². The molecule has 0 unspecified atom stereocenters. The number of thiazole rings is 1. The third-order valence-electron chi connectivity index (χ3n) is 5.53. The lowest BCUT2D eigenvalue weighted by molar-refractivity contribution is 0.0999. The Morgan fingerprint density at radius 1 is 0.970 bits per heavy atom. The molecule has 2 heterocycles. The predicted molar refractivity (Wildman–Crippen MR) is 132 cm³/mol. The van der Waals surface area contributed by atoms with E-state index in [9.17, 15) is 13.2 Å². The van der Waals surface area contributed by atoms with Crippen molar-refractivity contribution in [3.05, 3.63) is 83.4 Å². The zero-order valence-electron chi connectivity index (χ0n) is 17.5. The van der Waals surface area contributed by atoms with Gasteiger partial charge in [0.15, 0.2) is 5.13 Å². The molecule has 5 rings (SSSR count). The molecule has 9 heteroatoms. The minimum atomic E-state index is -3.65. The van der Waals surface area contributed by atoms with Crippen LogP contribution in [0.15, 0.2) is 77.7 Å². The number of carbonyl (C=O) groups is 1. The molecule has 0 bridgehead atoms. The van der Waals surface area contributed by atoms with Crippen molar-refractivity contribution in [3.63, 3.8) is 0 Å². The van der Waals surface area contributed by atoms with E-state index < -0.39 is 10.0 Å². The summed E-state index contributed by atoms with van der Waals surface area (Å²) in [7, 11) is -3.65. The van der Waals surface area contributed by atoms with Crippen LogP contribution in [0.5, 0.6) is 0 Å². The van der Waals surface area contributed by atoms with E-state index in [0.29, 0.717) is 28.9 Å². The summed E-state index contributed by atoms with van der Waals surface area (Å²) < 4.78 is 28.5. The van der Waals surface area contributed by atoms with Crippen LogP contribution in [0.1, 0.15) is 23.2 Å². The quantitative estimate of drug-likeness (QED) is 0.354. The van der Waals surface area contributed by atoms with Gasteiger partial charge in [0.05, 0.1) is 20.8 Å². The number of para-hydroxylation sites is 1. The van der Waals surface area contributed by atoms with Crippen LogP contribution in [0.2, 0.25) is 5.02 Å². The summed E-state index contributed by atoms with van der Waals surface area (Å²) in [5.41, 5.74) is 1.59. The second-order valence-electron chi connectivity index (χ2n) is 7.72. The molecular formula is C24H20ClN3O3S2. The second-order valence-corrected chi connectivity index (χ2v) is 11.1. The normalized spacial score (nSPS) is 14.6. The molecule has 1 saturated heterocycles. The summed E-state index contributed by atoms with van der Waals surface area (Å²) >= 11 is 7.61. The molecule has 1 amide bonds. The summed E-state index contributed by atoms with van der Waals surface area (Å²) in [6, 6.07) is 20.8. The molecule has 6 nitrogen and oxygen atoms in total. The van der Waals surface area contributed by atoms with Crippen LogP contribution in [0.4, 0.5) is 10.8 Å². The van der Waals surface area contributed by atoms with Crippen LogP contribution in [0, 0.1) is 0 Å². The van der Waals surface area contributed by atoms with Gasteiger partial charge >= 0.3 is 0 Å². The maximum Gasteiger partial charge on any atom is 0.264 e. The first-order chi connectivity index (χ1) is 15.9. The molecule has 1 fully saturated rings. The molecule has 0 atom stereocenters. The lowest BCUT2D eigenvalue weighted by atomic mass is 10.2. The number of benzene rings is 3. The van der Waals surface area contributed by atoms with Crippen molar-refractivity contribution in [2.45, 2.75) is 17.7 Å². The average molecular weight is 498 g/mol. The lowest BCUT2D eigenvalue weighted by Gasteiger charge is -2.21. The Hall–Kier alpha value is -2.78. The summed E-state index contributed by atoms with van der Waals surface area (Å²) in [5, 5.41) is 0.966. The average Bonchev–Trinajstić information content (AvgIpc) is 3.50. The highest BCUT2D eigenvalue weighted by atomic mass is 35.5. The van der Waals surface area contributed by atoms with Gasteiger partial charge in [-0.1, -0.05) is 47.2 Å². The van der Waals surface area contributed by atoms with E-state index in [0.717, 1.165) is 23.1 Å². The van der Waals surface area contributed by atoms with E-state index >= 15 is 0 Å². The highest BCUT2D eigenvalue weighted by Gasteiger charge is 2.29. The van der Waals surface area contributed by atoms with Crippen LogP contribution in [-0.4, -0.2) is 36.7 Å². The molecule has 4 aromatic rings. The maximum atomic E-state index is 13.8. The zero-order valence-corrected chi connectivity index (χ0v) is 19.9. The minimum Gasteiger partial charge on any atom is -0.268 e. The van der Waals surface area contributed by atoms with Gasteiger partial charge in [-0.15, -0.1) is 0 Å². The van der Waals surface area contributed by atoms with E-state index in [2.05, 4.69) is 4.98 Å². The number of aromatic nitrogens is 1. The number of nitrogens with zero attached hydrogens (tertiary/aromatic N) is 3. The van der Waals surface area contributed by atoms with Gasteiger partial charge < -0.3 is 0 Å². The molecule has 0 radical (unpaired) electrons. The Morgan fingerprint density at radius 2 is 1.73 bits per heavy atom. The van der Waals surface area contributed by atoms with Gasteiger partial charge in [0.25, 0.3) is 5.91 Å². The maximum absolute atomic E-state index is 13.8. The fourth-order valence-corrected chi connectivity index (χ4v) is 6.61. The molecule has 0 N–H and O–H groups in total. The van der Waals surface area contributed by atoms with Gasteiger partial charge in [-0.05, 0) is 61.4 Å². The van der Waals surface area contributed by atoms with E-state index in [4.69, 9.17) is 11.6 Å². The third-order valence-corrected chi connectivity index (χ3v) is 8.68. The predicted octanol–water partition coefficient (Wildman–Crippen LogP) is 5.71. The fraction of sp³-hybridized carbons (Fsp3) is 0.167. The fourth-order valence-electron chi connectivity index (χ4n) is 3.88. The molecule has 1 aliphatic heterocycles. The number of halogens is 1. The first-order valence-electron chi connectivity index (χ1n) is 10.5. The molecule has 1 aliphatic rings. The Labute approximate surface area is 201 Å². The molecule has 33 heavy (non-hydrogen) atoms. The monoisotopic (exact) mass is 497 g/mol. The number of anilines is 2. The summed E-state index contributed by atoms with van der Waals surface area (Å²) in [6.45, 7) is 1.00. The number of sulfonamides is 1. The zero-order chi connectivity index (χ0) is 23.0. The second kappa shape index (κ2) is 8.87. The lowest BCUT2D eigenvalue weighted by Crippen LogP contribution is -2.29. The Kier molecular flexibility index (Phi) is 5.92. The summed E-state index contributed by atoms with van der Waals surface area (Å²) in [5.74, 6) is -0.380. The van der Waals surface area contributed by atoms with Gasteiger partial charge in [0.1, 0.15) is 0 Å². The molecule has 0 aliphatic carbocycles. The van der Waals surface area contributed by atoms with Crippen LogP contribution in [-0.2, 0) is 10.0 Å². The van der Waals surface area contributed by atoms with Crippen molar-refractivity contribution < 1.29 is 13.2 Å². The largest absolute Gasteiger partial charge is 0.268 e. The van der Waals surface area contributed by atoms with Gasteiger partial charge in [0.2, 0.25) is 10.0 Å². The highest BCUT2D eigenvalue weighted by Crippen LogP contribution is 2.35. The first-order valence-corrected chi connectivity index (χ1v) is 13.1. The minimum absolute atomic E-state index is 0.116. The summed E-state index contributed by atoms with van der Waals surface area (Å²) in [4.78, 5) is 20.0. The van der Waals surface area contributed by atoms with Gasteiger partial charge in [-0.3, -0.25) is 9.69 Å². The van der Waals surface area contributed by atoms with Crippen molar-refractivity contribution in [2.75, 3.05) is 18.0 Å². The van der Waals surface area contributed by atoms with E-state index in [1.807, 2.05) is 24.3 Å². The summed E-state index contributed by atoms with van der Waals surface area (Å²) in [6.07, 6.45) is 1.69. The van der Waals surface area contributed by atoms with Gasteiger partial charge in [-0.25, -0.2) is 13.4 Å². The first kappa shape index (κ1) is 22.0. The van der Waals surface area contributed by atoms with E-state index in [1.165, 1.54) is 32.7 Å². The van der Waals surface area contributed by atoms with Crippen LogP contribution < -0.4 is 4.90 Å². The number of amides is 1. The smallest absolute Gasteiger partial charge is 0.264 e. The standard InChI is InChI=1S/C24H20ClN3O3S2/c25-18-8-6-9-19(16-18)28(24-26-21-11-1-2-12-22(21)32-24)23(29)17-7-5-10-20(15-17)33(30,31)27-13-3-4-14-27/h1-2,5-12,15-16H,3-4,13-14H2. The molecular weight excluding hydrogens is 478 g/mol. The molecule has 3 aromatic carbocycles. The number of fused-ring (bicyclic) bond motifs is 1. The Bertz CT molecular complexity index is 1410. The van der Waals surface area contributed by atoms with Crippen LogP contribution in [0.25, 0.3) is 10.2 Å². The Balaban J connectivity index is 1.59. The molecule has 0 saturated carbocycles. The van der Waals surface area contributed by atoms with E-state index in [1.54, 1.807) is 36.4 Å². The van der Waals surface area contributed by atoms with Crippen molar-refractivity contribution >= 4 is 59.9 Å². The Morgan fingerprint density at radius 3 is 2.48 bits per heavy atom. The molecule has 1 aromatic heterocycles. The SMILES string of the molecule is O=C(c1cccc(S(=O)(=O)N2CCCC2)c1)N(c1cccc(Cl)c1)c1nc2ccccc2s1. The number of rotatable bonds is 5. The van der Waals surface area contributed by atoms with Crippen molar-refractivity contribution in [2.24, 2.45) is 0 Å². The number of hydrogen-bond acceptors (Lipinski definition) is 5.